The van der Waals surface area contributed by atoms with Gasteiger partial charge in [0.2, 0.25) is 5.88 Å². The molecule has 0 bridgehead atoms. The van der Waals surface area contributed by atoms with E-state index in [4.69, 9.17) is 27.9 Å². The number of hydrogen-bond acceptors (Lipinski definition) is 3. The fourth-order valence-electron chi connectivity index (χ4n) is 1.12. The first-order chi connectivity index (χ1) is 7.69. The van der Waals surface area contributed by atoms with Crippen molar-refractivity contribution in [2.75, 3.05) is 18.5 Å². The van der Waals surface area contributed by atoms with E-state index in [0.29, 0.717) is 28.3 Å². The molecule has 0 unspecified atom stereocenters. The quantitative estimate of drug-likeness (QED) is 0.842. The van der Waals surface area contributed by atoms with Crippen LogP contribution in [0.4, 0.5) is 5.82 Å². The number of hydrogen-bond donors (Lipinski definition) is 1. The van der Waals surface area contributed by atoms with Gasteiger partial charge in [-0.2, -0.15) is 4.98 Å². The molecular weight excluding hydrogens is 247 g/mol. The molecule has 16 heavy (non-hydrogen) atoms. The van der Waals surface area contributed by atoms with E-state index >= 15 is 0 Å². The van der Waals surface area contributed by atoms with Crippen LogP contribution < -0.4 is 10.1 Å². The van der Waals surface area contributed by atoms with E-state index < -0.39 is 0 Å². The topological polar surface area (TPSA) is 34.2 Å². The molecule has 0 radical (unpaired) electrons. The number of nitrogens with one attached hydrogen (secondary N) is 1. The maximum Gasteiger partial charge on any atom is 0.234 e. The largest absolute Gasteiger partial charge is 0.477 e. The van der Waals surface area contributed by atoms with Gasteiger partial charge in [-0.25, -0.2) is 0 Å². The summed E-state index contributed by atoms with van der Waals surface area (Å²) >= 11 is 12.0. The molecule has 0 aromatic carbocycles. The summed E-state index contributed by atoms with van der Waals surface area (Å²) in [5.41, 5.74) is 0. The Morgan fingerprint density at radius 2 is 2.00 bits per heavy atom. The third-order valence-corrected chi connectivity index (χ3v) is 2.44. The summed E-state index contributed by atoms with van der Waals surface area (Å²) in [7, 11) is 0. The highest BCUT2D eigenvalue weighted by Gasteiger charge is 2.09. The molecular formula is C11H16Cl2N2O. The summed E-state index contributed by atoms with van der Waals surface area (Å²) in [6.45, 7) is 5.52. The first-order valence-corrected chi connectivity index (χ1v) is 6.17. The molecule has 0 saturated carbocycles. The zero-order chi connectivity index (χ0) is 12.0. The summed E-state index contributed by atoms with van der Waals surface area (Å²) in [5.74, 6) is 1.06. The molecule has 0 fully saturated rings. The first kappa shape index (κ1) is 13.4. The summed E-state index contributed by atoms with van der Waals surface area (Å²) in [6, 6.07) is 1.65. The summed E-state index contributed by atoms with van der Waals surface area (Å²) in [4.78, 5) is 4.25. The molecule has 0 aliphatic heterocycles. The molecule has 0 spiro atoms. The van der Waals surface area contributed by atoms with Crippen LogP contribution in [0.15, 0.2) is 6.07 Å². The molecule has 1 N–H and O–H groups in total. The third-order valence-electron chi connectivity index (χ3n) is 1.88. The van der Waals surface area contributed by atoms with Gasteiger partial charge in [0.25, 0.3) is 0 Å². The SMILES string of the molecule is CCCNc1nc(OCCC)c(Cl)cc1Cl. The standard InChI is InChI=1S/C11H16Cl2N2O/c1-3-5-14-10-8(12)7-9(13)11(15-10)16-6-4-2/h7H,3-6H2,1-2H3,(H,14,15). The van der Waals surface area contributed by atoms with Gasteiger partial charge < -0.3 is 10.1 Å². The number of rotatable bonds is 6. The van der Waals surface area contributed by atoms with E-state index in [1.807, 2.05) is 6.92 Å². The lowest BCUT2D eigenvalue weighted by Gasteiger charge is -2.10. The fraction of sp³-hybridized carbons (Fsp3) is 0.545. The van der Waals surface area contributed by atoms with Crippen molar-refractivity contribution in [2.24, 2.45) is 0 Å². The molecule has 0 amide bonds. The Labute approximate surface area is 106 Å². The van der Waals surface area contributed by atoms with E-state index in [1.54, 1.807) is 6.07 Å². The van der Waals surface area contributed by atoms with E-state index in [0.717, 1.165) is 19.4 Å². The number of halogens is 2. The number of aromatic nitrogens is 1. The second kappa shape index (κ2) is 6.81. The Balaban J connectivity index is 2.83. The zero-order valence-electron chi connectivity index (χ0n) is 9.52. The Kier molecular flexibility index (Phi) is 5.71. The van der Waals surface area contributed by atoms with E-state index in [1.165, 1.54) is 0 Å². The summed E-state index contributed by atoms with van der Waals surface area (Å²) in [5, 5.41) is 4.09. The maximum atomic E-state index is 6.01. The number of pyridine rings is 1. The van der Waals surface area contributed by atoms with Crippen LogP contribution in [0, 0.1) is 0 Å². The number of nitrogens with zero attached hydrogens (tertiary/aromatic N) is 1. The van der Waals surface area contributed by atoms with Gasteiger partial charge >= 0.3 is 0 Å². The molecule has 0 atom stereocenters. The number of anilines is 1. The predicted octanol–water partition coefficient (Wildman–Crippen LogP) is 4.00. The van der Waals surface area contributed by atoms with Crippen LogP contribution in [0.25, 0.3) is 0 Å². The van der Waals surface area contributed by atoms with Gasteiger partial charge in [0.05, 0.1) is 11.6 Å². The van der Waals surface area contributed by atoms with Crippen LogP contribution in [0.1, 0.15) is 26.7 Å². The van der Waals surface area contributed by atoms with Crippen LogP contribution in [-0.4, -0.2) is 18.1 Å². The van der Waals surface area contributed by atoms with Gasteiger partial charge in [0.1, 0.15) is 10.8 Å². The van der Waals surface area contributed by atoms with Crippen molar-refractivity contribution < 1.29 is 4.74 Å². The van der Waals surface area contributed by atoms with Gasteiger partial charge in [-0.3, -0.25) is 0 Å². The fourth-order valence-corrected chi connectivity index (χ4v) is 1.60. The Morgan fingerprint density at radius 3 is 2.62 bits per heavy atom. The van der Waals surface area contributed by atoms with Crippen molar-refractivity contribution in [1.29, 1.82) is 0 Å². The monoisotopic (exact) mass is 262 g/mol. The van der Waals surface area contributed by atoms with Crippen molar-refractivity contribution >= 4 is 29.0 Å². The Morgan fingerprint density at radius 1 is 1.25 bits per heavy atom. The molecule has 1 aromatic rings. The van der Waals surface area contributed by atoms with Gasteiger partial charge in [0, 0.05) is 6.54 Å². The van der Waals surface area contributed by atoms with Crippen LogP contribution in [0.5, 0.6) is 5.88 Å². The van der Waals surface area contributed by atoms with Crippen LogP contribution in [-0.2, 0) is 0 Å². The van der Waals surface area contributed by atoms with E-state index in [9.17, 15) is 0 Å². The molecule has 0 saturated heterocycles. The molecule has 5 heteroatoms. The molecule has 90 valence electrons. The Bertz CT molecular complexity index is 316. The van der Waals surface area contributed by atoms with Crippen molar-refractivity contribution in [1.82, 2.24) is 4.98 Å². The second-order valence-corrected chi connectivity index (χ2v) is 4.20. The average molecular weight is 263 g/mol. The number of ether oxygens (including phenoxy) is 1. The minimum Gasteiger partial charge on any atom is -0.477 e. The van der Waals surface area contributed by atoms with E-state index in [2.05, 4.69) is 17.2 Å². The molecule has 1 heterocycles. The third kappa shape index (κ3) is 3.72. The van der Waals surface area contributed by atoms with Crippen LogP contribution >= 0.6 is 23.2 Å². The van der Waals surface area contributed by atoms with Crippen molar-refractivity contribution in [3.05, 3.63) is 16.1 Å². The minimum atomic E-state index is 0.437. The van der Waals surface area contributed by atoms with E-state index in [-0.39, 0.29) is 0 Å². The smallest absolute Gasteiger partial charge is 0.234 e. The molecule has 1 aromatic heterocycles. The van der Waals surface area contributed by atoms with Crippen LogP contribution in [0.3, 0.4) is 0 Å². The van der Waals surface area contributed by atoms with Crippen LogP contribution in [0.2, 0.25) is 10.0 Å². The van der Waals surface area contributed by atoms with Crippen molar-refractivity contribution in [3.8, 4) is 5.88 Å². The van der Waals surface area contributed by atoms with Gasteiger partial charge in [-0.15, -0.1) is 0 Å². The highest BCUT2D eigenvalue weighted by molar-refractivity contribution is 6.36. The second-order valence-electron chi connectivity index (χ2n) is 3.38. The molecule has 0 aliphatic rings. The predicted molar refractivity (Wildman–Crippen MR) is 68.8 cm³/mol. The molecule has 3 nitrogen and oxygen atoms in total. The average Bonchev–Trinajstić information content (AvgIpc) is 2.26. The molecule has 1 rings (SSSR count). The lowest BCUT2D eigenvalue weighted by Crippen LogP contribution is -2.05. The van der Waals surface area contributed by atoms with Gasteiger partial charge in [-0.05, 0) is 18.9 Å². The minimum absolute atomic E-state index is 0.437. The molecule has 0 aliphatic carbocycles. The Hall–Kier alpha value is -0.670. The van der Waals surface area contributed by atoms with Gasteiger partial charge in [-0.1, -0.05) is 37.0 Å². The highest BCUT2D eigenvalue weighted by atomic mass is 35.5. The normalized spacial score (nSPS) is 10.2. The van der Waals surface area contributed by atoms with Crippen molar-refractivity contribution in [3.63, 3.8) is 0 Å². The lowest BCUT2D eigenvalue weighted by atomic mass is 10.4. The maximum absolute atomic E-state index is 6.01. The van der Waals surface area contributed by atoms with Gasteiger partial charge in [0.15, 0.2) is 0 Å². The van der Waals surface area contributed by atoms with Crippen molar-refractivity contribution in [2.45, 2.75) is 26.7 Å². The zero-order valence-corrected chi connectivity index (χ0v) is 11.0. The first-order valence-electron chi connectivity index (χ1n) is 5.41. The summed E-state index contributed by atoms with van der Waals surface area (Å²) in [6.07, 6.45) is 1.92. The highest BCUT2D eigenvalue weighted by Crippen LogP contribution is 2.30. The lowest BCUT2D eigenvalue weighted by molar-refractivity contribution is 0.306. The summed E-state index contributed by atoms with van der Waals surface area (Å²) < 4.78 is 5.42.